The lowest BCUT2D eigenvalue weighted by Crippen LogP contribution is -2.35. The van der Waals surface area contributed by atoms with Crippen LogP contribution in [0.1, 0.15) is 12.5 Å². The number of hydrogen-bond donors (Lipinski definition) is 1. The van der Waals surface area contributed by atoms with Gasteiger partial charge in [-0.05, 0) is 61.9 Å². The Morgan fingerprint density at radius 2 is 1.72 bits per heavy atom. The zero-order chi connectivity index (χ0) is 25.8. The highest BCUT2D eigenvalue weighted by Crippen LogP contribution is 2.37. The van der Waals surface area contributed by atoms with Crippen LogP contribution >= 0.6 is 0 Å². The first-order valence-electron chi connectivity index (χ1n) is 11.2. The molecule has 1 aromatic heterocycles. The summed E-state index contributed by atoms with van der Waals surface area (Å²) in [4.78, 5) is 18.4. The Hall–Kier alpha value is -4.40. The molecule has 0 unspecified atom stereocenters. The van der Waals surface area contributed by atoms with Crippen molar-refractivity contribution in [3.05, 3.63) is 78.0 Å². The van der Waals surface area contributed by atoms with Crippen molar-refractivity contribution in [1.29, 1.82) is 0 Å². The Labute approximate surface area is 207 Å². The van der Waals surface area contributed by atoms with E-state index in [4.69, 9.17) is 14.2 Å². The topological polar surface area (TPSA) is 72.9 Å². The van der Waals surface area contributed by atoms with Crippen LogP contribution in [-0.4, -0.2) is 31.8 Å². The molecule has 7 nitrogen and oxygen atoms in total. The smallest absolute Gasteiger partial charge is 0.326 e. The number of nitrogens with one attached hydrogen (secondary N) is 1. The van der Waals surface area contributed by atoms with E-state index in [1.807, 2.05) is 6.92 Å². The number of carbonyl (C=O) groups is 1. The summed E-state index contributed by atoms with van der Waals surface area (Å²) in [6, 6.07) is 13.1. The molecule has 0 aliphatic carbocycles. The third-order valence-corrected chi connectivity index (χ3v) is 5.64. The van der Waals surface area contributed by atoms with Crippen LogP contribution in [0.4, 0.5) is 25.0 Å². The minimum atomic E-state index is -0.814. The summed E-state index contributed by atoms with van der Waals surface area (Å²) in [7, 11) is 3.12. The second-order valence-electron chi connectivity index (χ2n) is 7.88. The quantitative estimate of drug-likeness (QED) is 0.311. The summed E-state index contributed by atoms with van der Waals surface area (Å²) in [6.45, 7) is 3.71. The number of anilines is 2. The second kappa shape index (κ2) is 10.5. The van der Waals surface area contributed by atoms with E-state index in [0.717, 1.165) is 23.1 Å². The van der Waals surface area contributed by atoms with Crippen LogP contribution in [0.5, 0.6) is 23.0 Å². The highest BCUT2D eigenvalue weighted by Gasteiger charge is 2.19. The molecule has 0 spiro atoms. The highest BCUT2D eigenvalue weighted by atomic mass is 19.1. The molecule has 1 N–H and O–H groups in total. The van der Waals surface area contributed by atoms with Gasteiger partial charge in [0.1, 0.15) is 23.1 Å². The Kier molecular flexibility index (Phi) is 7.19. The first kappa shape index (κ1) is 24.7. The van der Waals surface area contributed by atoms with Gasteiger partial charge in [-0.2, -0.15) is 0 Å². The van der Waals surface area contributed by atoms with E-state index in [9.17, 15) is 13.6 Å². The summed E-state index contributed by atoms with van der Waals surface area (Å²) in [5.74, 6) is 0.707. The number of pyridine rings is 1. The number of halogens is 2. The Balaban J connectivity index is 1.56. The number of aromatic nitrogens is 1. The zero-order valence-corrected chi connectivity index (χ0v) is 20.3. The van der Waals surface area contributed by atoms with Gasteiger partial charge in [-0.1, -0.05) is 0 Å². The average molecular weight is 494 g/mol. The number of aryl methyl sites for hydroxylation is 1. The Bertz CT molecular complexity index is 1430. The minimum absolute atomic E-state index is 0.00868. The largest absolute Gasteiger partial charge is 0.493 e. The number of amides is 2. The van der Waals surface area contributed by atoms with E-state index >= 15 is 0 Å². The fourth-order valence-corrected chi connectivity index (χ4v) is 3.81. The molecule has 36 heavy (non-hydrogen) atoms. The van der Waals surface area contributed by atoms with Gasteiger partial charge in [-0.25, -0.2) is 13.6 Å². The van der Waals surface area contributed by atoms with Crippen LogP contribution in [0.2, 0.25) is 0 Å². The maximum absolute atomic E-state index is 14.2. The predicted molar refractivity (Wildman–Crippen MR) is 134 cm³/mol. The Morgan fingerprint density at radius 1 is 0.972 bits per heavy atom. The van der Waals surface area contributed by atoms with Crippen molar-refractivity contribution in [2.75, 3.05) is 31.0 Å². The van der Waals surface area contributed by atoms with E-state index in [2.05, 4.69) is 10.3 Å². The van der Waals surface area contributed by atoms with Crippen LogP contribution in [0, 0.1) is 18.6 Å². The number of ether oxygens (including phenoxy) is 3. The second-order valence-corrected chi connectivity index (χ2v) is 7.88. The van der Waals surface area contributed by atoms with Gasteiger partial charge in [0, 0.05) is 35.9 Å². The first-order chi connectivity index (χ1) is 17.3. The van der Waals surface area contributed by atoms with E-state index in [1.54, 1.807) is 63.7 Å². The van der Waals surface area contributed by atoms with E-state index in [1.165, 1.54) is 11.0 Å². The van der Waals surface area contributed by atoms with E-state index in [0.29, 0.717) is 34.2 Å². The number of methoxy groups -OCH3 is 2. The summed E-state index contributed by atoms with van der Waals surface area (Å²) >= 11 is 0. The van der Waals surface area contributed by atoms with Gasteiger partial charge in [-0.15, -0.1) is 0 Å². The number of fused-ring (bicyclic) bond motifs is 1. The van der Waals surface area contributed by atoms with Crippen LogP contribution < -0.4 is 24.4 Å². The lowest BCUT2D eigenvalue weighted by atomic mass is 10.1. The van der Waals surface area contributed by atoms with E-state index < -0.39 is 17.7 Å². The van der Waals surface area contributed by atoms with Crippen LogP contribution in [0.3, 0.4) is 0 Å². The van der Waals surface area contributed by atoms with Gasteiger partial charge in [0.05, 0.1) is 25.4 Å². The van der Waals surface area contributed by atoms with Crippen molar-refractivity contribution in [1.82, 2.24) is 4.98 Å². The molecular weight excluding hydrogens is 468 g/mol. The molecule has 0 aliphatic rings. The molecule has 186 valence electrons. The summed E-state index contributed by atoms with van der Waals surface area (Å²) in [5, 5.41) is 3.52. The Morgan fingerprint density at radius 3 is 2.39 bits per heavy atom. The maximum atomic E-state index is 14.2. The minimum Gasteiger partial charge on any atom is -0.493 e. The molecule has 0 saturated heterocycles. The molecule has 2 amide bonds. The lowest BCUT2D eigenvalue weighted by molar-refractivity contribution is 0.257. The monoisotopic (exact) mass is 493 g/mol. The molecule has 0 fully saturated rings. The summed E-state index contributed by atoms with van der Waals surface area (Å²) in [5.41, 5.74) is 1.93. The maximum Gasteiger partial charge on any atom is 0.326 e. The van der Waals surface area contributed by atoms with Crippen molar-refractivity contribution >= 4 is 28.3 Å². The third-order valence-electron chi connectivity index (χ3n) is 5.64. The number of benzene rings is 3. The lowest BCUT2D eigenvalue weighted by Gasteiger charge is -2.22. The van der Waals surface area contributed by atoms with Crippen molar-refractivity contribution in [3.63, 3.8) is 0 Å². The SMILES string of the molecule is CCN(C(=O)Nc1ccc(Oc2ccnc3cc(OC)c(OC)cc23)cc1C)c1ccc(F)cc1F. The van der Waals surface area contributed by atoms with Crippen molar-refractivity contribution < 1.29 is 27.8 Å². The molecule has 0 radical (unpaired) electrons. The predicted octanol–water partition coefficient (Wildman–Crippen LogP) is 6.69. The number of hydrogen-bond acceptors (Lipinski definition) is 5. The van der Waals surface area contributed by atoms with Gasteiger partial charge < -0.3 is 19.5 Å². The van der Waals surface area contributed by atoms with E-state index in [-0.39, 0.29) is 12.2 Å². The van der Waals surface area contributed by atoms with Gasteiger partial charge in [-0.3, -0.25) is 9.88 Å². The molecule has 9 heteroatoms. The van der Waals surface area contributed by atoms with Gasteiger partial charge in [0.15, 0.2) is 11.5 Å². The molecule has 0 aliphatic heterocycles. The normalized spacial score (nSPS) is 10.7. The molecule has 0 atom stereocenters. The number of urea groups is 1. The standard InChI is InChI=1S/C27H25F2N3O4/c1-5-32(23-9-6-17(28)13-20(23)29)27(33)31-21-8-7-18(12-16(21)2)36-24-10-11-30-22-15-26(35-4)25(34-3)14-19(22)24/h6-15H,5H2,1-4H3,(H,31,33). The van der Waals surface area contributed by atoms with Crippen LogP contribution in [0.25, 0.3) is 10.9 Å². The summed E-state index contributed by atoms with van der Waals surface area (Å²) in [6.07, 6.45) is 1.64. The first-order valence-corrected chi connectivity index (χ1v) is 11.2. The number of nitrogens with zero attached hydrogens (tertiary/aromatic N) is 2. The highest BCUT2D eigenvalue weighted by molar-refractivity contribution is 6.02. The zero-order valence-electron chi connectivity index (χ0n) is 20.3. The average Bonchev–Trinajstić information content (AvgIpc) is 2.86. The van der Waals surface area contributed by atoms with Gasteiger partial charge >= 0.3 is 6.03 Å². The molecule has 0 bridgehead atoms. The summed E-state index contributed by atoms with van der Waals surface area (Å²) < 4.78 is 44.4. The molecule has 4 aromatic rings. The fraction of sp³-hybridized carbons (Fsp3) is 0.185. The van der Waals surface area contributed by atoms with Gasteiger partial charge in [0.25, 0.3) is 0 Å². The molecule has 0 saturated carbocycles. The van der Waals surface area contributed by atoms with Crippen LogP contribution in [0.15, 0.2) is 60.8 Å². The van der Waals surface area contributed by atoms with Crippen molar-refractivity contribution in [2.45, 2.75) is 13.8 Å². The van der Waals surface area contributed by atoms with Crippen molar-refractivity contribution in [3.8, 4) is 23.0 Å². The molecule has 1 heterocycles. The van der Waals surface area contributed by atoms with Crippen molar-refractivity contribution in [2.24, 2.45) is 0 Å². The van der Waals surface area contributed by atoms with Crippen LogP contribution in [-0.2, 0) is 0 Å². The molecule has 4 rings (SSSR count). The number of carbonyl (C=O) groups excluding carboxylic acids is 1. The molecular formula is C27H25F2N3O4. The number of rotatable bonds is 7. The third kappa shape index (κ3) is 5.00. The fourth-order valence-electron chi connectivity index (χ4n) is 3.81. The molecule has 3 aromatic carbocycles. The van der Waals surface area contributed by atoms with Gasteiger partial charge in [0.2, 0.25) is 0 Å².